The van der Waals surface area contributed by atoms with Gasteiger partial charge in [-0.2, -0.15) is 0 Å². The molecule has 0 aliphatic carbocycles. The molecule has 2 nitrogen and oxygen atoms in total. The molecule has 2 atom stereocenters. The molecule has 2 N–H and O–H groups in total. The Kier molecular flexibility index (Phi) is 16.2. The smallest absolute Gasteiger partial charge is 0.0540 e. The zero-order chi connectivity index (χ0) is 15.8. The summed E-state index contributed by atoms with van der Waals surface area (Å²) >= 11 is 0. The lowest BCUT2D eigenvalue weighted by Crippen LogP contribution is -2.06. The number of unbranched alkanes of at least 4 members (excludes halogenated alkanes) is 10. The van der Waals surface area contributed by atoms with Gasteiger partial charge in [-0.05, 0) is 26.2 Å². The highest BCUT2D eigenvalue weighted by atomic mass is 16.3. The van der Waals surface area contributed by atoms with Crippen molar-refractivity contribution in [3.05, 3.63) is 0 Å². The second-order valence-corrected chi connectivity index (χ2v) is 6.76. The molecule has 0 spiro atoms. The molecule has 0 rings (SSSR count). The summed E-state index contributed by atoms with van der Waals surface area (Å²) in [5.74, 6) is 0. The molecule has 0 aromatic carbocycles. The van der Waals surface area contributed by atoms with Crippen LogP contribution in [0.4, 0.5) is 0 Å². The van der Waals surface area contributed by atoms with E-state index in [1.54, 1.807) is 0 Å². The Morgan fingerprint density at radius 3 is 1.38 bits per heavy atom. The molecule has 0 heterocycles. The Labute approximate surface area is 133 Å². The van der Waals surface area contributed by atoms with E-state index in [4.69, 9.17) is 5.11 Å². The molecule has 0 aliphatic heterocycles. The van der Waals surface area contributed by atoms with Crippen LogP contribution in [0, 0.1) is 0 Å². The average molecular weight is 301 g/mol. The van der Waals surface area contributed by atoms with Gasteiger partial charge in [-0.25, -0.2) is 0 Å². The molecule has 2 heteroatoms. The van der Waals surface area contributed by atoms with E-state index in [1.807, 2.05) is 6.92 Å². The Morgan fingerprint density at radius 1 is 0.571 bits per heavy atom. The summed E-state index contributed by atoms with van der Waals surface area (Å²) in [6.45, 7) is 4.11. The summed E-state index contributed by atoms with van der Waals surface area (Å²) in [6.07, 6.45) is 18.0. The van der Waals surface area contributed by atoms with E-state index in [2.05, 4.69) is 6.92 Å². The third kappa shape index (κ3) is 17.9. The number of hydrogen-bond acceptors (Lipinski definition) is 2. The van der Waals surface area contributed by atoms with Crippen molar-refractivity contribution >= 4 is 0 Å². The van der Waals surface area contributed by atoms with Gasteiger partial charge in [0.1, 0.15) is 0 Å². The van der Waals surface area contributed by atoms with Crippen molar-refractivity contribution in [2.24, 2.45) is 0 Å². The molecular formula is C19H40O2. The van der Waals surface area contributed by atoms with E-state index in [-0.39, 0.29) is 12.2 Å². The minimum Gasteiger partial charge on any atom is -0.393 e. The number of rotatable bonds is 16. The zero-order valence-corrected chi connectivity index (χ0v) is 14.7. The molecule has 0 amide bonds. The SMILES string of the molecule is CCCCCCCCC[C@@H](O)CCCCCCC[C@@H](C)O. The van der Waals surface area contributed by atoms with E-state index >= 15 is 0 Å². The Hall–Kier alpha value is -0.0800. The van der Waals surface area contributed by atoms with Crippen molar-refractivity contribution in [1.82, 2.24) is 0 Å². The van der Waals surface area contributed by atoms with Gasteiger partial charge in [0.2, 0.25) is 0 Å². The molecule has 0 saturated carbocycles. The van der Waals surface area contributed by atoms with E-state index in [0.717, 1.165) is 32.1 Å². The van der Waals surface area contributed by atoms with Crippen LogP contribution in [0.5, 0.6) is 0 Å². The van der Waals surface area contributed by atoms with Crippen LogP contribution < -0.4 is 0 Å². The lowest BCUT2D eigenvalue weighted by atomic mass is 10.0. The van der Waals surface area contributed by atoms with Gasteiger partial charge in [0, 0.05) is 0 Å². The predicted octanol–water partition coefficient (Wildman–Crippen LogP) is 5.60. The van der Waals surface area contributed by atoms with Crippen LogP contribution in [0.25, 0.3) is 0 Å². The van der Waals surface area contributed by atoms with Gasteiger partial charge < -0.3 is 10.2 Å². The fourth-order valence-electron chi connectivity index (χ4n) is 2.83. The number of aliphatic hydroxyl groups is 2. The molecule has 0 bridgehead atoms. The summed E-state index contributed by atoms with van der Waals surface area (Å²) < 4.78 is 0. The number of hydrogen-bond donors (Lipinski definition) is 2. The van der Waals surface area contributed by atoms with Crippen LogP contribution in [0.1, 0.15) is 110 Å². The highest BCUT2D eigenvalue weighted by molar-refractivity contribution is 4.58. The largest absolute Gasteiger partial charge is 0.393 e. The van der Waals surface area contributed by atoms with Crippen molar-refractivity contribution in [3.8, 4) is 0 Å². The highest BCUT2D eigenvalue weighted by Crippen LogP contribution is 2.14. The van der Waals surface area contributed by atoms with Crippen molar-refractivity contribution in [2.75, 3.05) is 0 Å². The summed E-state index contributed by atoms with van der Waals surface area (Å²) in [6, 6.07) is 0. The lowest BCUT2D eigenvalue weighted by molar-refractivity contribution is 0.147. The fraction of sp³-hybridized carbons (Fsp3) is 1.00. The van der Waals surface area contributed by atoms with Crippen LogP contribution in [0.3, 0.4) is 0 Å². The van der Waals surface area contributed by atoms with Gasteiger partial charge in [-0.3, -0.25) is 0 Å². The quantitative estimate of drug-likeness (QED) is 0.364. The maximum atomic E-state index is 9.93. The van der Waals surface area contributed by atoms with Crippen molar-refractivity contribution in [1.29, 1.82) is 0 Å². The molecule has 0 saturated heterocycles. The second-order valence-electron chi connectivity index (χ2n) is 6.76. The van der Waals surface area contributed by atoms with E-state index in [0.29, 0.717) is 0 Å². The van der Waals surface area contributed by atoms with Crippen molar-refractivity contribution in [2.45, 2.75) is 122 Å². The molecular weight excluding hydrogens is 260 g/mol. The predicted molar refractivity (Wildman–Crippen MR) is 92.6 cm³/mol. The minimum absolute atomic E-state index is 0.0712. The fourth-order valence-corrected chi connectivity index (χ4v) is 2.83. The van der Waals surface area contributed by atoms with E-state index in [9.17, 15) is 5.11 Å². The molecule has 21 heavy (non-hydrogen) atoms. The third-order valence-electron chi connectivity index (χ3n) is 4.30. The van der Waals surface area contributed by atoms with E-state index in [1.165, 1.54) is 64.2 Å². The normalized spacial score (nSPS) is 14.3. The van der Waals surface area contributed by atoms with E-state index < -0.39 is 0 Å². The second kappa shape index (κ2) is 16.3. The molecule has 0 fully saturated rings. The van der Waals surface area contributed by atoms with Crippen molar-refractivity contribution < 1.29 is 10.2 Å². The zero-order valence-electron chi connectivity index (χ0n) is 14.7. The summed E-state index contributed by atoms with van der Waals surface area (Å²) in [7, 11) is 0. The highest BCUT2D eigenvalue weighted by Gasteiger charge is 2.03. The van der Waals surface area contributed by atoms with Gasteiger partial charge in [0.05, 0.1) is 12.2 Å². The van der Waals surface area contributed by atoms with Gasteiger partial charge in [-0.1, -0.05) is 84.0 Å². The van der Waals surface area contributed by atoms with Gasteiger partial charge >= 0.3 is 0 Å². The maximum absolute atomic E-state index is 9.93. The van der Waals surface area contributed by atoms with Gasteiger partial charge in [0.25, 0.3) is 0 Å². The molecule has 0 unspecified atom stereocenters. The molecule has 0 aromatic heterocycles. The first-order chi connectivity index (χ1) is 10.2. The van der Waals surface area contributed by atoms with Crippen LogP contribution in [0.2, 0.25) is 0 Å². The summed E-state index contributed by atoms with van der Waals surface area (Å²) in [4.78, 5) is 0. The average Bonchev–Trinajstić information content (AvgIpc) is 2.45. The Balaban J connectivity index is 3.14. The molecule has 0 radical (unpaired) electrons. The third-order valence-corrected chi connectivity index (χ3v) is 4.30. The standard InChI is InChI=1S/C19H40O2/c1-3-4-5-6-7-10-13-16-19(21)17-14-11-8-9-12-15-18(2)20/h18-21H,3-17H2,1-2H3/t18-,19-/m1/s1. The van der Waals surface area contributed by atoms with Crippen molar-refractivity contribution in [3.63, 3.8) is 0 Å². The first kappa shape index (κ1) is 20.9. The summed E-state index contributed by atoms with van der Waals surface area (Å²) in [5.41, 5.74) is 0. The van der Waals surface area contributed by atoms with Crippen LogP contribution >= 0.6 is 0 Å². The maximum Gasteiger partial charge on any atom is 0.0540 e. The van der Waals surface area contributed by atoms with Crippen LogP contribution in [-0.2, 0) is 0 Å². The Bertz CT molecular complexity index is 192. The Morgan fingerprint density at radius 2 is 0.952 bits per heavy atom. The lowest BCUT2D eigenvalue weighted by Gasteiger charge is -2.10. The first-order valence-electron chi connectivity index (χ1n) is 9.53. The van der Waals surface area contributed by atoms with Crippen LogP contribution in [-0.4, -0.2) is 22.4 Å². The topological polar surface area (TPSA) is 40.5 Å². The van der Waals surface area contributed by atoms with Gasteiger partial charge in [-0.15, -0.1) is 0 Å². The van der Waals surface area contributed by atoms with Gasteiger partial charge in [0.15, 0.2) is 0 Å². The van der Waals surface area contributed by atoms with Crippen LogP contribution in [0.15, 0.2) is 0 Å². The summed E-state index contributed by atoms with van der Waals surface area (Å²) in [5, 5.41) is 19.1. The molecule has 128 valence electrons. The number of aliphatic hydroxyl groups excluding tert-OH is 2. The minimum atomic E-state index is -0.145. The molecule has 0 aliphatic rings. The monoisotopic (exact) mass is 300 g/mol. The molecule has 0 aromatic rings. The first-order valence-corrected chi connectivity index (χ1v) is 9.53.